The first-order valence-corrected chi connectivity index (χ1v) is 9.99. The Kier molecular flexibility index (Phi) is 6.28. The van der Waals surface area contributed by atoms with Crippen molar-refractivity contribution in [1.82, 2.24) is 0 Å². The van der Waals surface area contributed by atoms with Gasteiger partial charge < -0.3 is 9.80 Å². The number of quaternary nitrogens is 1. The average molecular weight is 414 g/mol. The van der Waals surface area contributed by atoms with E-state index in [9.17, 15) is 4.79 Å². The number of piperidine rings is 1. The summed E-state index contributed by atoms with van der Waals surface area (Å²) in [5.74, 6) is -0.118. The third-order valence-electron chi connectivity index (χ3n) is 4.96. The normalized spacial score (nSPS) is 16.5. The van der Waals surface area contributed by atoms with Crippen LogP contribution in [0.2, 0.25) is 0 Å². The van der Waals surface area contributed by atoms with Crippen LogP contribution in [0.5, 0.6) is 0 Å². The summed E-state index contributed by atoms with van der Waals surface area (Å²) in [5.41, 5.74) is 3.15. The van der Waals surface area contributed by atoms with Gasteiger partial charge in [-0.2, -0.15) is 0 Å². The first-order valence-electron chi connectivity index (χ1n) is 9.20. The highest BCUT2D eigenvalue weighted by molar-refractivity contribution is 9.10. The van der Waals surface area contributed by atoms with Crippen molar-refractivity contribution in [2.45, 2.75) is 25.8 Å². The number of rotatable bonds is 5. The summed E-state index contributed by atoms with van der Waals surface area (Å²) in [6, 6.07) is 16.1. The lowest BCUT2D eigenvalue weighted by Crippen LogP contribution is -2.46. The van der Waals surface area contributed by atoms with Crippen LogP contribution in [0, 0.1) is 0 Å². The van der Waals surface area contributed by atoms with Gasteiger partial charge in [0.15, 0.2) is 0 Å². The van der Waals surface area contributed by atoms with Gasteiger partial charge in [0.2, 0.25) is 5.91 Å². The van der Waals surface area contributed by atoms with E-state index in [0.29, 0.717) is 0 Å². The van der Waals surface area contributed by atoms with Crippen molar-refractivity contribution in [3.63, 3.8) is 0 Å². The van der Waals surface area contributed by atoms with Crippen LogP contribution in [-0.4, -0.2) is 30.5 Å². The van der Waals surface area contributed by atoms with E-state index in [1.165, 1.54) is 37.9 Å². The van der Waals surface area contributed by atoms with Crippen LogP contribution >= 0.6 is 15.9 Å². The molecule has 0 atom stereocenters. The number of likely N-dealkylation sites (tertiary alicyclic amines) is 1. The Hall–Kier alpha value is -1.91. The standard InChI is InChI=1S/C22H25BrN2O/c1-25(14-3-2-4-15-25)17-19-8-11-21(12-9-19)24-22(26)13-10-18-6-5-7-20(23)16-18/h5-13,16H,2-4,14-15,17H2,1H3/p+1. The molecule has 136 valence electrons. The molecule has 0 spiro atoms. The van der Waals surface area contributed by atoms with E-state index in [0.717, 1.165) is 26.8 Å². The largest absolute Gasteiger partial charge is 0.323 e. The maximum Gasteiger partial charge on any atom is 0.248 e. The predicted octanol–water partition coefficient (Wildman–Crippen LogP) is 5.23. The fourth-order valence-electron chi connectivity index (χ4n) is 3.53. The molecule has 3 nitrogen and oxygen atoms in total. The van der Waals surface area contributed by atoms with Crippen LogP contribution in [0.15, 0.2) is 59.1 Å². The first-order chi connectivity index (χ1) is 12.5. The summed E-state index contributed by atoms with van der Waals surface area (Å²) in [6.45, 7) is 3.59. The molecule has 1 heterocycles. The molecule has 0 radical (unpaired) electrons. The third-order valence-corrected chi connectivity index (χ3v) is 5.45. The zero-order chi connectivity index (χ0) is 18.4. The van der Waals surface area contributed by atoms with Gasteiger partial charge in [0.05, 0.1) is 20.1 Å². The van der Waals surface area contributed by atoms with Gasteiger partial charge in [-0.3, -0.25) is 4.79 Å². The van der Waals surface area contributed by atoms with E-state index in [1.54, 1.807) is 6.08 Å². The zero-order valence-electron chi connectivity index (χ0n) is 15.2. The summed E-state index contributed by atoms with van der Waals surface area (Å²) < 4.78 is 2.13. The van der Waals surface area contributed by atoms with E-state index in [2.05, 4.69) is 40.4 Å². The highest BCUT2D eigenvalue weighted by Gasteiger charge is 2.24. The molecule has 2 aromatic carbocycles. The molecule has 1 saturated heterocycles. The number of hydrogen-bond donors (Lipinski definition) is 1. The Morgan fingerprint density at radius 1 is 1.12 bits per heavy atom. The minimum atomic E-state index is -0.118. The van der Waals surface area contributed by atoms with Crippen LogP contribution in [-0.2, 0) is 11.3 Å². The summed E-state index contributed by atoms with van der Waals surface area (Å²) in [5, 5.41) is 2.92. The number of nitrogens with zero attached hydrogens (tertiary/aromatic N) is 1. The Bertz CT molecular complexity index is 777. The van der Waals surface area contributed by atoms with Crippen molar-refractivity contribution in [3.05, 3.63) is 70.2 Å². The number of benzene rings is 2. The smallest absolute Gasteiger partial charge is 0.248 e. The van der Waals surface area contributed by atoms with E-state index in [4.69, 9.17) is 0 Å². The molecule has 1 N–H and O–H groups in total. The molecule has 2 aromatic rings. The Balaban J connectivity index is 1.56. The molecular weight excluding hydrogens is 388 g/mol. The zero-order valence-corrected chi connectivity index (χ0v) is 16.8. The van der Waals surface area contributed by atoms with E-state index < -0.39 is 0 Å². The molecule has 0 unspecified atom stereocenters. The van der Waals surface area contributed by atoms with Crippen molar-refractivity contribution in [2.24, 2.45) is 0 Å². The molecule has 26 heavy (non-hydrogen) atoms. The molecule has 4 heteroatoms. The molecule has 1 fully saturated rings. The lowest BCUT2D eigenvalue weighted by molar-refractivity contribution is -0.926. The maximum atomic E-state index is 12.1. The van der Waals surface area contributed by atoms with Gasteiger partial charge in [-0.05, 0) is 55.2 Å². The van der Waals surface area contributed by atoms with Crippen LogP contribution in [0.1, 0.15) is 30.4 Å². The van der Waals surface area contributed by atoms with Gasteiger partial charge in [0, 0.05) is 21.8 Å². The van der Waals surface area contributed by atoms with Crippen molar-refractivity contribution in [2.75, 3.05) is 25.5 Å². The van der Waals surface area contributed by atoms with E-state index >= 15 is 0 Å². The lowest BCUT2D eigenvalue weighted by Gasteiger charge is -2.37. The van der Waals surface area contributed by atoms with Crippen molar-refractivity contribution in [1.29, 1.82) is 0 Å². The molecule has 0 bridgehead atoms. The molecule has 1 aliphatic heterocycles. The summed E-state index contributed by atoms with van der Waals surface area (Å²) in [7, 11) is 2.35. The maximum absolute atomic E-state index is 12.1. The minimum absolute atomic E-state index is 0.118. The monoisotopic (exact) mass is 413 g/mol. The van der Waals surface area contributed by atoms with Crippen LogP contribution in [0.25, 0.3) is 6.08 Å². The Labute approximate surface area is 164 Å². The highest BCUT2D eigenvalue weighted by Crippen LogP contribution is 2.21. The second-order valence-electron chi connectivity index (χ2n) is 7.36. The fourth-order valence-corrected chi connectivity index (χ4v) is 3.95. The Morgan fingerprint density at radius 3 is 2.54 bits per heavy atom. The summed E-state index contributed by atoms with van der Waals surface area (Å²) in [6.07, 6.45) is 7.40. The second kappa shape index (κ2) is 8.65. The Morgan fingerprint density at radius 2 is 1.85 bits per heavy atom. The molecule has 1 amide bonds. The van der Waals surface area contributed by atoms with Crippen molar-refractivity contribution < 1.29 is 9.28 Å². The van der Waals surface area contributed by atoms with Crippen LogP contribution in [0.4, 0.5) is 5.69 Å². The third kappa shape index (κ3) is 5.55. The number of hydrogen-bond acceptors (Lipinski definition) is 1. The van der Waals surface area contributed by atoms with Crippen molar-refractivity contribution >= 4 is 33.6 Å². The topological polar surface area (TPSA) is 29.1 Å². The number of anilines is 1. The van der Waals surface area contributed by atoms with Crippen LogP contribution in [0.3, 0.4) is 0 Å². The number of nitrogens with one attached hydrogen (secondary N) is 1. The van der Waals surface area contributed by atoms with Gasteiger partial charge in [0.1, 0.15) is 6.54 Å². The van der Waals surface area contributed by atoms with E-state index in [1.807, 2.05) is 42.5 Å². The quantitative estimate of drug-likeness (QED) is 0.527. The van der Waals surface area contributed by atoms with Gasteiger partial charge in [0.25, 0.3) is 0 Å². The van der Waals surface area contributed by atoms with Crippen LogP contribution < -0.4 is 5.32 Å². The SMILES string of the molecule is C[N+]1(Cc2ccc(NC(=O)C=Cc3cccc(Br)c3)cc2)CCCCC1. The molecule has 0 aliphatic carbocycles. The predicted molar refractivity (Wildman–Crippen MR) is 112 cm³/mol. The summed E-state index contributed by atoms with van der Waals surface area (Å²) in [4.78, 5) is 12.1. The second-order valence-corrected chi connectivity index (χ2v) is 8.28. The number of carbonyl (C=O) groups is 1. The van der Waals surface area contributed by atoms with Gasteiger partial charge in [-0.15, -0.1) is 0 Å². The number of amides is 1. The van der Waals surface area contributed by atoms with Gasteiger partial charge in [-0.25, -0.2) is 0 Å². The van der Waals surface area contributed by atoms with Crippen molar-refractivity contribution in [3.8, 4) is 0 Å². The van der Waals surface area contributed by atoms with Gasteiger partial charge >= 0.3 is 0 Å². The van der Waals surface area contributed by atoms with E-state index in [-0.39, 0.29) is 5.91 Å². The number of halogens is 1. The molecule has 3 rings (SSSR count). The lowest BCUT2D eigenvalue weighted by atomic mass is 10.1. The minimum Gasteiger partial charge on any atom is -0.323 e. The molecule has 0 aromatic heterocycles. The molecule has 0 saturated carbocycles. The highest BCUT2D eigenvalue weighted by atomic mass is 79.9. The fraction of sp³-hybridized carbons (Fsp3) is 0.318. The first kappa shape index (κ1) is 18.9. The number of carbonyl (C=O) groups excluding carboxylic acids is 1. The molecular formula is C22H26BrN2O+. The average Bonchev–Trinajstić information content (AvgIpc) is 2.62. The summed E-state index contributed by atoms with van der Waals surface area (Å²) >= 11 is 3.43. The van der Waals surface area contributed by atoms with Gasteiger partial charge in [-0.1, -0.05) is 40.2 Å². The molecule has 1 aliphatic rings.